The quantitative estimate of drug-likeness (QED) is 0.769. The monoisotopic (exact) mass is 181 g/mol. The predicted octanol–water partition coefficient (Wildman–Crippen LogP) is 1.74. The number of aromatic nitrogens is 2. The first kappa shape index (κ1) is 10.3. The molecule has 0 radical (unpaired) electrons. The minimum atomic E-state index is 0.242. The highest BCUT2D eigenvalue weighted by molar-refractivity contribution is 5.03. The van der Waals surface area contributed by atoms with Crippen molar-refractivity contribution in [3.05, 3.63) is 18.2 Å². The Hall–Kier alpha value is -0.830. The van der Waals surface area contributed by atoms with Gasteiger partial charge in [-0.1, -0.05) is 20.8 Å². The molecule has 1 atom stereocenters. The molecule has 0 spiro atoms. The highest BCUT2D eigenvalue weighted by Crippen LogP contribution is 2.13. The molecule has 0 amide bonds. The van der Waals surface area contributed by atoms with Gasteiger partial charge in [-0.25, -0.2) is 4.98 Å². The first-order valence-electron chi connectivity index (χ1n) is 4.90. The first-order chi connectivity index (χ1) is 6.15. The molecule has 0 bridgehead atoms. The van der Waals surface area contributed by atoms with E-state index in [4.69, 9.17) is 5.73 Å². The minimum Gasteiger partial charge on any atom is -0.333 e. The smallest absolute Gasteiger partial charge is 0.0948 e. The zero-order valence-corrected chi connectivity index (χ0v) is 8.70. The van der Waals surface area contributed by atoms with Crippen LogP contribution in [-0.2, 0) is 6.54 Å². The number of nitrogens with zero attached hydrogens (tertiary/aromatic N) is 2. The summed E-state index contributed by atoms with van der Waals surface area (Å²) >= 11 is 0. The Kier molecular flexibility index (Phi) is 3.48. The summed E-state index contributed by atoms with van der Waals surface area (Å²) in [7, 11) is 0. The normalized spacial score (nSPS) is 13.6. The Morgan fingerprint density at radius 3 is 2.77 bits per heavy atom. The molecule has 1 aromatic rings. The van der Waals surface area contributed by atoms with Crippen LogP contribution in [0.3, 0.4) is 0 Å². The molecular formula is C10H19N3. The average Bonchev–Trinajstić information content (AvgIpc) is 2.52. The number of imidazole rings is 1. The fourth-order valence-electron chi connectivity index (χ4n) is 1.35. The molecule has 0 fully saturated rings. The van der Waals surface area contributed by atoms with Gasteiger partial charge in [0.05, 0.1) is 6.33 Å². The van der Waals surface area contributed by atoms with Gasteiger partial charge >= 0.3 is 0 Å². The van der Waals surface area contributed by atoms with Gasteiger partial charge in [0.15, 0.2) is 0 Å². The summed E-state index contributed by atoms with van der Waals surface area (Å²) in [4.78, 5) is 4.14. The van der Waals surface area contributed by atoms with Gasteiger partial charge < -0.3 is 10.3 Å². The lowest BCUT2D eigenvalue weighted by molar-refractivity contribution is 0.518. The molecule has 3 heteroatoms. The number of nitrogens with two attached hydrogens (primary N) is 1. The molecule has 3 nitrogen and oxygen atoms in total. The van der Waals surface area contributed by atoms with Crippen LogP contribution in [0.15, 0.2) is 12.5 Å². The standard InChI is InChI=1S/C10H19N3/c1-4-9(11)6-13-7-12-5-10(13)8(2)3/h5,7-9H,4,6,11H2,1-3H3. The summed E-state index contributed by atoms with van der Waals surface area (Å²) < 4.78 is 2.15. The first-order valence-corrected chi connectivity index (χ1v) is 4.90. The van der Waals surface area contributed by atoms with Crippen LogP contribution in [-0.4, -0.2) is 15.6 Å². The van der Waals surface area contributed by atoms with Crippen LogP contribution in [0.2, 0.25) is 0 Å². The van der Waals surface area contributed by atoms with E-state index < -0.39 is 0 Å². The van der Waals surface area contributed by atoms with Crippen LogP contribution in [0.1, 0.15) is 38.8 Å². The molecule has 0 saturated heterocycles. The summed E-state index contributed by atoms with van der Waals surface area (Å²) in [6.45, 7) is 7.33. The lowest BCUT2D eigenvalue weighted by Gasteiger charge is -2.14. The van der Waals surface area contributed by atoms with Gasteiger partial charge in [-0.3, -0.25) is 0 Å². The van der Waals surface area contributed by atoms with Crippen molar-refractivity contribution < 1.29 is 0 Å². The van der Waals surface area contributed by atoms with E-state index in [1.165, 1.54) is 5.69 Å². The van der Waals surface area contributed by atoms with E-state index in [1.54, 1.807) is 0 Å². The Morgan fingerprint density at radius 2 is 2.23 bits per heavy atom. The van der Waals surface area contributed by atoms with E-state index in [0.29, 0.717) is 5.92 Å². The fraction of sp³-hybridized carbons (Fsp3) is 0.700. The van der Waals surface area contributed by atoms with Crippen LogP contribution < -0.4 is 5.73 Å². The second kappa shape index (κ2) is 4.42. The molecule has 2 N–H and O–H groups in total. The van der Waals surface area contributed by atoms with Crippen molar-refractivity contribution >= 4 is 0 Å². The van der Waals surface area contributed by atoms with Crippen LogP contribution in [0.5, 0.6) is 0 Å². The maximum absolute atomic E-state index is 5.88. The van der Waals surface area contributed by atoms with Gasteiger partial charge in [-0.15, -0.1) is 0 Å². The Bertz CT molecular complexity index is 252. The third-order valence-electron chi connectivity index (χ3n) is 2.29. The predicted molar refractivity (Wildman–Crippen MR) is 54.6 cm³/mol. The van der Waals surface area contributed by atoms with Crippen LogP contribution in [0, 0.1) is 0 Å². The van der Waals surface area contributed by atoms with E-state index in [-0.39, 0.29) is 6.04 Å². The zero-order valence-electron chi connectivity index (χ0n) is 8.70. The van der Waals surface area contributed by atoms with Crippen molar-refractivity contribution in [2.75, 3.05) is 0 Å². The molecule has 0 aliphatic heterocycles. The molecule has 1 unspecified atom stereocenters. The van der Waals surface area contributed by atoms with Crippen molar-refractivity contribution in [3.63, 3.8) is 0 Å². The van der Waals surface area contributed by atoms with Crippen molar-refractivity contribution in [1.29, 1.82) is 0 Å². The van der Waals surface area contributed by atoms with Gasteiger partial charge in [0.1, 0.15) is 0 Å². The highest BCUT2D eigenvalue weighted by atomic mass is 15.1. The number of rotatable bonds is 4. The second-order valence-corrected chi connectivity index (χ2v) is 3.79. The Balaban J connectivity index is 2.70. The topological polar surface area (TPSA) is 43.8 Å². The van der Waals surface area contributed by atoms with Crippen molar-refractivity contribution in [2.45, 2.75) is 45.7 Å². The molecule has 1 aromatic heterocycles. The molecule has 0 aliphatic rings. The number of hydrogen-bond acceptors (Lipinski definition) is 2. The number of hydrogen-bond donors (Lipinski definition) is 1. The molecule has 0 saturated carbocycles. The lowest BCUT2D eigenvalue weighted by atomic mass is 10.1. The summed E-state index contributed by atoms with van der Waals surface area (Å²) in [6.07, 6.45) is 4.80. The third kappa shape index (κ3) is 2.56. The van der Waals surface area contributed by atoms with E-state index in [0.717, 1.165) is 13.0 Å². The third-order valence-corrected chi connectivity index (χ3v) is 2.29. The van der Waals surface area contributed by atoms with Crippen LogP contribution in [0.25, 0.3) is 0 Å². The van der Waals surface area contributed by atoms with Crippen molar-refractivity contribution in [1.82, 2.24) is 9.55 Å². The maximum atomic E-state index is 5.88. The molecule has 1 rings (SSSR count). The van der Waals surface area contributed by atoms with Crippen molar-refractivity contribution in [3.8, 4) is 0 Å². The SMILES string of the molecule is CCC(N)Cn1cncc1C(C)C. The van der Waals surface area contributed by atoms with Crippen molar-refractivity contribution in [2.24, 2.45) is 5.73 Å². The zero-order chi connectivity index (χ0) is 9.84. The molecule has 74 valence electrons. The van der Waals surface area contributed by atoms with E-state index in [2.05, 4.69) is 30.3 Å². The second-order valence-electron chi connectivity index (χ2n) is 3.79. The summed E-state index contributed by atoms with van der Waals surface area (Å²) in [5.41, 5.74) is 7.15. The Labute approximate surface area is 80.0 Å². The maximum Gasteiger partial charge on any atom is 0.0948 e. The molecular weight excluding hydrogens is 162 g/mol. The van der Waals surface area contributed by atoms with Crippen LogP contribution >= 0.6 is 0 Å². The molecule has 0 aromatic carbocycles. The van der Waals surface area contributed by atoms with Gasteiger partial charge in [0.25, 0.3) is 0 Å². The summed E-state index contributed by atoms with van der Waals surface area (Å²) in [5, 5.41) is 0. The van der Waals surface area contributed by atoms with Gasteiger partial charge in [-0.2, -0.15) is 0 Å². The van der Waals surface area contributed by atoms with Crippen LogP contribution in [0.4, 0.5) is 0 Å². The molecule has 13 heavy (non-hydrogen) atoms. The summed E-state index contributed by atoms with van der Waals surface area (Å²) in [5.74, 6) is 0.520. The fourth-order valence-corrected chi connectivity index (χ4v) is 1.35. The van der Waals surface area contributed by atoms with E-state index in [9.17, 15) is 0 Å². The van der Waals surface area contributed by atoms with Gasteiger partial charge in [0.2, 0.25) is 0 Å². The lowest BCUT2D eigenvalue weighted by Crippen LogP contribution is -2.25. The van der Waals surface area contributed by atoms with E-state index >= 15 is 0 Å². The molecule has 1 heterocycles. The highest BCUT2D eigenvalue weighted by Gasteiger charge is 2.08. The molecule has 0 aliphatic carbocycles. The van der Waals surface area contributed by atoms with E-state index in [1.807, 2.05) is 12.5 Å². The minimum absolute atomic E-state index is 0.242. The van der Waals surface area contributed by atoms with Gasteiger partial charge in [0, 0.05) is 24.5 Å². The summed E-state index contributed by atoms with van der Waals surface area (Å²) in [6, 6.07) is 0.242. The Morgan fingerprint density at radius 1 is 1.54 bits per heavy atom. The largest absolute Gasteiger partial charge is 0.333 e. The average molecular weight is 181 g/mol. The van der Waals surface area contributed by atoms with Gasteiger partial charge in [-0.05, 0) is 12.3 Å².